The van der Waals surface area contributed by atoms with Gasteiger partial charge < -0.3 is 14.2 Å². The maximum Gasteiger partial charge on any atom is 0.342 e. The van der Waals surface area contributed by atoms with Crippen molar-refractivity contribution in [2.24, 2.45) is 0 Å². The van der Waals surface area contributed by atoms with Crippen molar-refractivity contribution in [2.75, 3.05) is 7.11 Å². The Kier molecular flexibility index (Phi) is 8.52. The van der Waals surface area contributed by atoms with Crippen LogP contribution in [-0.2, 0) is 20.9 Å². The molecule has 0 atom stereocenters. The maximum absolute atomic E-state index is 14.6. The van der Waals surface area contributed by atoms with Crippen LogP contribution in [0, 0.1) is 5.82 Å². The fourth-order valence-electron chi connectivity index (χ4n) is 3.09. The van der Waals surface area contributed by atoms with Crippen LogP contribution in [-0.4, -0.2) is 35.1 Å². The van der Waals surface area contributed by atoms with Crippen LogP contribution in [0.25, 0.3) is 11.3 Å². The molecule has 8 heteroatoms. The zero-order valence-corrected chi connectivity index (χ0v) is 20.3. The van der Waals surface area contributed by atoms with Gasteiger partial charge in [0.25, 0.3) is 6.47 Å². The van der Waals surface area contributed by atoms with Crippen molar-refractivity contribution in [2.45, 2.75) is 51.7 Å². The Labute approximate surface area is 204 Å². The molecule has 1 heterocycles. The normalized spacial score (nSPS) is 12.7. The van der Waals surface area contributed by atoms with Gasteiger partial charge in [-0.1, -0.05) is 30.3 Å². The molecule has 1 aliphatic rings. The second-order valence-corrected chi connectivity index (χ2v) is 9.02. The van der Waals surface area contributed by atoms with Gasteiger partial charge in [0.15, 0.2) is 0 Å². The number of carbonyl (C=O) groups excluding carboxylic acids is 2. The van der Waals surface area contributed by atoms with Crippen molar-refractivity contribution < 1.29 is 28.2 Å². The molecule has 184 valence electrons. The van der Waals surface area contributed by atoms with Gasteiger partial charge in [-0.15, -0.1) is 0 Å². The minimum absolute atomic E-state index is 0.113. The molecule has 0 aliphatic heterocycles. The largest absolute Gasteiger partial charge is 0.496 e. The summed E-state index contributed by atoms with van der Waals surface area (Å²) in [5.74, 6) is -0.554. The summed E-state index contributed by atoms with van der Waals surface area (Å²) in [6.07, 6.45) is 5.44. The predicted molar refractivity (Wildman–Crippen MR) is 128 cm³/mol. The first-order valence-corrected chi connectivity index (χ1v) is 11.2. The summed E-state index contributed by atoms with van der Waals surface area (Å²) in [6, 6.07) is 11.9. The molecule has 0 unspecified atom stereocenters. The van der Waals surface area contributed by atoms with Crippen LogP contribution in [0.3, 0.4) is 0 Å². The molecule has 0 saturated heterocycles. The summed E-state index contributed by atoms with van der Waals surface area (Å²) in [7, 11) is 1.38. The first kappa shape index (κ1) is 25.8. The maximum atomic E-state index is 14.6. The minimum Gasteiger partial charge on any atom is -0.496 e. The van der Waals surface area contributed by atoms with Gasteiger partial charge in [-0.25, -0.2) is 9.18 Å². The van der Waals surface area contributed by atoms with E-state index in [1.807, 2.05) is 51.1 Å². The highest BCUT2D eigenvalue weighted by Crippen LogP contribution is 2.39. The van der Waals surface area contributed by atoms with Crippen LogP contribution in [0.15, 0.2) is 54.9 Å². The number of benzene rings is 2. The monoisotopic (exact) mass is 480 g/mol. The lowest BCUT2D eigenvalue weighted by Gasteiger charge is -2.14. The Bertz CT molecular complexity index is 1140. The molecule has 0 amide bonds. The predicted octanol–water partition coefficient (Wildman–Crippen LogP) is 5.48. The number of methoxy groups -OCH3 is 1. The second kappa shape index (κ2) is 11.6. The van der Waals surface area contributed by atoms with Crippen LogP contribution in [0.5, 0.6) is 5.75 Å². The molecule has 35 heavy (non-hydrogen) atoms. The summed E-state index contributed by atoms with van der Waals surface area (Å²) in [4.78, 5) is 30.9. The molecule has 2 aromatic carbocycles. The molecule has 1 aliphatic carbocycles. The number of hydrogen-bond acceptors (Lipinski definition) is 7. The quantitative estimate of drug-likeness (QED) is 0.327. The van der Waals surface area contributed by atoms with Crippen molar-refractivity contribution >= 4 is 12.4 Å². The van der Waals surface area contributed by atoms with Gasteiger partial charge in [0.05, 0.1) is 24.7 Å². The first-order chi connectivity index (χ1) is 16.7. The number of ether oxygens (including phenoxy) is 3. The number of carbonyl (C=O) groups is 2. The van der Waals surface area contributed by atoms with Gasteiger partial charge in [0.1, 0.15) is 29.3 Å². The van der Waals surface area contributed by atoms with E-state index in [0.29, 0.717) is 18.1 Å². The van der Waals surface area contributed by atoms with Crippen molar-refractivity contribution in [1.82, 2.24) is 9.97 Å². The third-order valence-corrected chi connectivity index (χ3v) is 5.07. The Morgan fingerprint density at radius 1 is 1.11 bits per heavy atom. The number of nitrogens with zero attached hydrogens (tertiary/aromatic N) is 2. The van der Waals surface area contributed by atoms with Crippen LogP contribution in [0.4, 0.5) is 4.39 Å². The fraction of sp³-hybridized carbons (Fsp3) is 0.333. The molecule has 1 aromatic heterocycles. The zero-order valence-electron chi connectivity index (χ0n) is 20.3. The SMILES string of the molecule is CC(C)(C)OC=O.COc1cc(F)c(-c2cnc(C3CC3)cn2)cc1C(=O)OCc1ccccc1. The van der Waals surface area contributed by atoms with Crippen molar-refractivity contribution in [3.63, 3.8) is 0 Å². The fourth-order valence-corrected chi connectivity index (χ4v) is 3.09. The zero-order chi connectivity index (χ0) is 25.4. The topological polar surface area (TPSA) is 87.6 Å². The van der Waals surface area contributed by atoms with Crippen molar-refractivity contribution in [3.05, 3.63) is 77.5 Å². The van der Waals surface area contributed by atoms with E-state index in [1.165, 1.54) is 25.4 Å². The van der Waals surface area contributed by atoms with Gasteiger partial charge in [-0.3, -0.25) is 14.8 Å². The highest BCUT2D eigenvalue weighted by Gasteiger charge is 2.25. The number of aromatic nitrogens is 2. The van der Waals surface area contributed by atoms with Crippen LogP contribution in [0.1, 0.15) is 61.1 Å². The highest BCUT2D eigenvalue weighted by molar-refractivity contribution is 5.94. The van der Waals surface area contributed by atoms with Crippen LogP contribution >= 0.6 is 0 Å². The number of hydrogen-bond donors (Lipinski definition) is 0. The Morgan fingerprint density at radius 2 is 1.83 bits per heavy atom. The third-order valence-electron chi connectivity index (χ3n) is 5.07. The van der Waals surface area contributed by atoms with E-state index in [4.69, 9.17) is 9.47 Å². The average Bonchev–Trinajstić information content (AvgIpc) is 3.68. The second-order valence-electron chi connectivity index (χ2n) is 9.02. The number of esters is 1. The summed E-state index contributed by atoms with van der Waals surface area (Å²) >= 11 is 0. The van der Waals surface area contributed by atoms with E-state index in [2.05, 4.69) is 14.7 Å². The number of halogens is 1. The molecule has 0 spiro atoms. The third kappa shape index (κ3) is 7.60. The van der Waals surface area contributed by atoms with E-state index >= 15 is 0 Å². The molecular formula is C27H29FN2O5. The summed E-state index contributed by atoms with van der Waals surface area (Å²) in [6.45, 7) is 6.04. The van der Waals surface area contributed by atoms with Crippen molar-refractivity contribution in [3.8, 4) is 17.0 Å². The van der Waals surface area contributed by atoms with Crippen molar-refractivity contribution in [1.29, 1.82) is 0 Å². The van der Waals surface area contributed by atoms with Gasteiger partial charge in [0, 0.05) is 23.7 Å². The molecule has 4 rings (SSSR count). The summed E-state index contributed by atoms with van der Waals surface area (Å²) in [5.41, 5.74) is 2.15. The molecule has 3 aromatic rings. The molecule has 7 nitrogen and oxygen atoms in total. The van der Waals surface area contributed by atoms with Crippen LogP contribution < -0.4 is 4.74 Å². The van der Waals surface area contributed by atoms with Crippen LogP contribution in [0.2, 0.25) is 0 Å². The van der Waals surface area contributed by atoms with E-state index in [-0.39, 0.29) is 29.1 Å². The molecule has 0 bridgehead atoms. The first-order valence-electron chi connectivity index (χ1n) is 11.2. The van der Waals surface area contributed by atoms with E-state index in [0.717, 1.165) is 24.1 Å². The minimum atomic E-state index is -0.593. The summed E-state index contributed by atoms with van der Waals surface area (Å²) in [5, 5.41) is 0. The number of rotatable bonds is 7. The lowest BCUT2D eigenvalue weighted by molar-refractivity contribution is -0.138. The van der Waals surface area contributed by atoms with Gasteiger partial charge in [0.2, 0.25) is 0 Å². The molecule has 0 N–H and O–H groups in total. The van der Waals surface area contributed by atoms with Gasteiger partial charge in [-0.2, -0.15) is 0 Å². The Morgan fingerprint density at radius 3 is 2.34 bits per heavy atom. The van der Waals surface area contributed by atoms with E-state index in [1.54, 1.807) is 6.20 Å². The average molecular weight is 481 g/mol. The molecule has 1 saturated carbocycles. The molecule has 1 fully saturated rings. The molecular weight excluding hydrogens is 451 g/mol. The molecule has 0 radical (unpaired) electrons. The highest BCUT2D eigenvalue weighted by atomic mass is 19.1. The lowest BCUT2D eigenvalue weighted by atomic mass is 10.1. The van der Waals surface area contributed by atoms with Gasteiger partial charge in [-0.05, 0) is 45.2 Å². The van der Waals surface area contributed by atoms with E-state index in [9.17, 15) is 14.0 Å². The van der Waals surface area contributed by atoms with Gasteiger partial charge >= 0.3 is 5.97 Å². The summed E-state index contributed by atoms with van der Waals surface area (Å²) < 4.78 is 29.7. The Hall–Kier alpha value is -3.81. The smallest absolute Gasteiger partial charge is 0.342 e. The Balaban J connectivity index is 0.000000429. The standard InChI is InChI=1S/C22H19FN2O3.C5H10O2/c1-27-21-10-18(23)16(20-12-24-19(11-25-20)15-7-8-15)9-17(21)22(26)28-13-14-5-3-2-4-6-14;1-5(2,3)7-4-6/h2-6,9-12,15H,7-8,13H2,1H3;4H,1-3H3. The lowest BCUT2D eigenvalue weighted by Crippen LogP contribution is -2.17. The van der Waals surface area contributed by atoms with E-state index < -0.39 is 11.8 Å².